The summed E-state index contributed by atoms with van der Waals surface area (Å²) in [5.74, 6) is 3.44. The van der Waals surface area contributed by atoms with Crippen LogP contribution in [0, 0.1) is 48.5 Å². The number of fused-ring (bicyclic) bond motifs is 13. The molecule has 0 N–H and O–H groups in total. The number of aryl methyl sites for hydroxylation is 7. The van der Waals surface area contributed by atoms with Crippen molar-refractivity contribution in [1.29, 1.82) is 0 Å². The van der Waals surface area contributed by atoms with Crippen LogP contribution in [0.5, 0.6) is 23.0 Å². The Morgan fingerprint density at radius 2 is 1.00 bits per heavy atom. The molecule has 324 valence electrons. The molecule has 10 aromatic rings. The lowest BCUT2D eigenvalue weighted by Crippen LogP contribution is -2.60. The molecule has 0 amide bonds. The molecule has 4 aliphatic heterocycles. The number of ether oxygens (including phenoxy) is 2. The predicted octanol–water partition coefficient (Wildman–Crippen LogP) is 12.5. The lowest BCUT2D eigenvalue weighted by molar-refractivity contribution is 0.465. The summed E-state index contributed by atoms with van der Waals surface area (Å²) in [6.07, 6.45) is 4.40. The van der Waals surface area contributed by atoms with Crippen molar-refractivity contribution in [2.45, 2.75) is 55.4 Å². The number of hydrogen-bond acceptors (Lipinski definition) is 2. The minimum absolute atomic E-state index is 0.0784. The average molecular weight is 875 g/mol. The fraction of sp³-hybridized carbons (Fsp3) is 0.129. The number of rotatable bonds is 3. The van der Waals surface area contributed by atoms with Gasteiger partial charge in [-0.25, -0.2) is 0 Å². The van der Waals surface area contributed by atoms with Gasteiger partial charge in [0, 0.05) is 50.4 Å². The molecule has 0 fully saturated rings. The Balaban J connectivity index is 1.07. The number of nitrogens with zero attached hydrogens (tertiary/aromatic N) is 2. The van der Waals surface area contributed by atoms with Crippen molar-refractivity contribution in [2.24, 2.45) is 0 Å². The summed E-state index contributed by atoms with van der Waals surface area (Å²) in [5, 5.41) is 3.78. The van der Waals surface area contributed by atoms with Gasteiger partial charge in [0.05, 0.1) is 11.0 Å². The molecule has 0 saturated carbocycles. The Bertz CT molecular complexity index is 4050. The Labute approximate surface area is 398 Å². The minimum Gasteiger partial charge on any atom is -0.458 e. The zero-order chi connectivity index (χ0) is 46.2. The number of hydrogen-bond donors (Lipinski definition) is 0. The maximum absolute atomic E-state index is 7.36. The van der Waals surface area contributed by atoms with Gasteiger partial charge in [0.15, 0.2) is 0 Å². The van der Waals surface area contributed by atoms with Crippen LogP contribution in [0.25, 0.3) is 77.9 Å². The van der Waals surface area contributed by atoms with E-state index in [9.17, 15) is 0 Å². The summed E-state index contributed by atoms with van der Waals surface area (Å²) >= 11 is 0. The van der Waals surface area contributed by atoms with Crippen molar-refractivity contribution >= 4 is 85.0 Å². The fourth-order valence-corrected chi connectivity index (χ4v) is 12.7. The van der Waals surface area contributed by atoms with Crippen molar-refractivity contribution in [2.75, 3.05) is 0 Å². The first-order chi connectivity index (χ1) is 33.0. The van der Waals surface area contributed by atoms with E-state index in [0.29, 0.717) is 0 Å². The van der Waals surface area contributed by atoms with Crippen LogP contribution >= 0.6 is 0 Å². The summed E-state index contributed by atoms with van der Waals surface area (Å²) < 4.78 is 19.7. The summed E-state index contributed by atoms with van der Waals surface area (Å²) in [4.78, 5) is 0. The lowest BCUT2D eigenvalue weighted by Gasteiger charge is -2.38. The van der Waals surface area contributed by atoms with E-state index in [-0.39, 0.29) is 13.4 Å². The Morgan fingerprint density at radius 1 is 0.471 bits per heavy atom. The SMILES string of the molecule is C=Cc1c2n(c3ccc(C)cc13)-c1cc(-c3cc(C)ccc3C)cc3c1B(/C2=C/C)c1cc2c(cc1O3)Oc1cc(-c3cc(C)ccc3C)cc3c1B2c1cc(C)cc2c4cc(C)ccc4n-3c12. The van der Waals surface area contributed by atoms with Gasteiger partial charge < -0.3 is 18.6 Å². The molecule has 68 heavy (non-hydrogen) atoms. The molecular weight excluding hydrogens is 826 g/mol. The van der Waals surface area contributed by atoms with Crippen molar-refractivity contribution in [3.05, 3.63) is 184 Å². The second kappa shape index (κ2) is 13.7. The Hall–Kier alpha value is -7.69. The van der Waals surface area contributed by atoms with Crippen molar-refractivity contribution in [1.82, 2.24) is 9.13 Å². The molecule has 0 aliphatic carbocycles. The Morgan fingerprint density at radius 3 is 1.62 bits per heavy atom. The van der Waals surface area contributed by atoms with Gasteiger partial charge in [-0.1, -0.05) is 107 Å². The molecule has 6 heteroatoms. The van der Waals surface area contributed by atoms with Gasteiger partial charge in [0.25, 0.3) is 13.4 Å². The van der Waals surface area contributed by atoms with Gasteiger partial charge in [0.2, 0.25) is 0 Å². The van der Waals surface area contributed by atoms with E-state index >= 15 is 0 Å². The molecule has 0 saturated heterocycles. The number of allylic oxidation sites excluding steroid dienone is 1. The van der Waals surface area contributed by atoms with Gasteiger partial charge in [-0.05, 0) is 176 Å². The summed E-state index contributed by atoms with van der Waals surface area (Å²) in [5.41, 5.74) is 29.0. The zero-order valence-corrected chi connectivity index (χ0v) is 39.8. The smallest absolute Gasteiger partial charge is 0.256 e. The third-order valence-electron chi connectivity index (χ3n) is 15.7. The molecule has 6 heterocycles. The van der Waals surface area contributed by atoms with Gasteiger partial charge in [-0.3, -0.25) is 0 Å². The molecular formula is C62H48B2N2O2. The van der Waals surface area contributed by atoms with Crippen LogP contribution < -0.4 is 36.8 Å². The molecule has 0 spiro atoms. The maximum Gasteiger partial charge on any atom is 0.256 e. The van der Waals surface area contributed by atoms with E-state index in [0.717, 1.165) is 50.8 Å². The zero-order valence-electron chi connectivity index (χ0n) is 39.8. The minimum atomic E-state index is -0.105. The molecule has 14 rings (SSSR count). The lowest BCUT2D eigenvalue weighted by atomic mass is 9.30. The monoisotopic (exact) mass is 874 g/mol. The van der Waals surface area contributed by atoms with Crippen LogP contribution in [0.2, 0.25) is 0 Å². The van der Waals surface area contributed by atoms with Crippen molar-refractivity contribution in [3.63, 3.8) is 0 Å². The highest BCUT2D eigenvalue weighted by Crippen LogP contribution is 2.47. The van der Waals surface area contributed by atoms with E-state index in [2.05, 4.69) is 205 Å². The first-order valence-electron chi connectivity index (χ1n) is 24.0. The standard InChI is InChI=1S/C62H48B2N2O2/c1-10-41-44-22-34(5)14-18-51(44)65-53-26-39(42-20-32(3)12-16-37(42)8)28-57-59(53)63(47(11-2)61(41)65)48-30-49-56(31-55(48)67-57)68-58-29-40(43-21-33(4)13-17-38(43)9)27-54-60(58)64(49)50-25-36(7)24-46-45-23-35(6)15-19-52(45)66(54)62(46)50/h10-31H,1H2,2-9H3/b47-11+. The normalized spacial score (nSPS) is 14.1. The highest BCUT2D eigenvalue weighted by atomic mass is 16.5. The highest BCUT2D eigenvalue weighted by molar-refractivity contribution is 7.03. The van der Waals surface area contributed by atoms with Crippen LogP contribution in [-0.2, 0) is 0 Å². The van der Waals surface area contributed by atoms with E-state index in [1.807, 2.05) is 0 Å². The van der Waals surface area contributed by atoms with E-state index in [4.69, 9.17) is 9.47 Å². The summed E-state index contributed by atoms with van der Waals surface area (Å²) in [6.45, 7) is 21.9. The van der Waals surface area contributed by atoms with Crippen LogP contribution in [0.3, 0.4) is 0 Å². The quantitative estimate of drug-likeness (QED) is 0.165. The van der Waals surface area contributed by atoms with Crippen LogP contribution in [0.15, 0.2) is 134 Å². The molecule has 0 radical (unpaired) electrons. The van der Waals surface area contributed by atoms with E-state index in [1.165, 1.54) is 121 Å². The summed E-state index contributed by atoms with van der Waals surface area (Å²) in [7, 11) is 0. The largest absolute Gasteiger partial charge is 0.458 e. The number of aromatic nitrogens is 2. The summed E-state index contributed by atoms with van der Waals surface area (Å²) in [6, 6.07) is 46.1. The Kier molecular flexibility index (Phi) is 7.95. The van der Waals surface area contributed by atoms with Crippen LogP contribution in [0.1, 0.15) is 57.1 Å². The average Bonchev–Trinajstić information content (AvgIpc) is 3.82. The molecule has 0 unspecified atom stereocenters. The predicted molar refractivity (Wildman–Crippen MR) is 288 cm³/mol. The van der Waals surface area contributed by atoms with Gasteiger partial charge in [-0.2, -0.15) is 0 Å². The topological polar surface area (TPSA) is 28.3 Å². The first-order valence-corrected chi connectivity index (χ1v) is 24.0. The fourth-order valence-electron chi connectivity index (χ4n) is 12.7. The molecule has 4 nitrogen and oxygen atoms in total. The molecule has 4 aliphatic rings. The van der Waals surface area contributed by atoms with Gasteiger partial charge in [-0.15, -0.1) is 0 Å². The maximum atomic E-state index is 7.36. The van der Waals surface area contributed by atoms with Crippen LogP contribution in [-0.4, -0.2) is 22.6 Å². The molecule has 0 atom stereocenters. The second-order valence-electron chi connectivity index (χ2n) is 20.1. The molecule has 0 bridgehead atoms. The number of benzene rings is 8. The second-order valence-corrected chi connectivity index (χ2v) is 20.1. The third-order valence-corrected chi connectivity index (χ3v) is 15.7. The van der Waals surface area contributed by atoms with Gasteiger partial charge in [0.1, 0.15) is 23.0 Å². The van der Waals surface area contributed by atoms with Crippen molar-refractivity contribution in [3.8, 4) is 56.6 Å². The highest BCUT2D eigenvalue weighted by Gasteiger charge is 2.47. The third kappa shape index (κ3) is 5.18. The van der Waals surface area contributed by atoms with E-state index < -0.39 is 0 Å². The molecule has 8 aromatic carbocycles. The van der Waals surface area contributed by atoms with Gasteiger partial charge >= 0.3 is 0 Å². The van der Waals surface area contributed by atoms with E-state index in [1.54, 1.807) is 0 Å². The van der Waals surface area contributed by atoms with Crippen molar-refractivity contribution < 1.29 is 9.47 Å². The molecule has 2 aromatic heterocycles. The first kappa shape index (κ1) is 39.5. The van der Waals surface area contributed by atoms with Crippen LogP contribution in [0.4, 0.5) is 0 Å².